The molecular formula is C16H25N5O. The maximum Gasteiger partial charge on any atom is 0.227 e. The Balaban J connectivity index is 1.74. The maximum atomic E-state index is 11.6. The lowest BCUT2D eigenvalue weighted by Crippen LogP contribution is -2.43. The SMILES string of the molecule is CCc1cc(NC2CCC(=O)N(C)C2)nc(N2CCCC2)n1. The minimum Gasteiger partial charge on any atom is -0.365 e. The van der Waals surface area contributed by atoms with Crippen LogP contribution in [-0.2, 0) is 11.2 Å². The minimum atomic E-state index is 0.229. The molecule has 120 valence electrons. The van der Waals surface area contributed by atoms with Crippen LogP contribution in [0.4, 0.5) is 11.8 Å². The molecule has 0 saturated carbocycles. The number of rotatable bonds is 4. The van der Waals surface area contributed by atoms with E-state index >= 15 is 0 Å². The lowest BCUT2D eigenvalue weighted by molar-refractivity contribution is -0.132. The molecule has 1 amide bonds. The zero-order chi connectivity index (χ0) is 15.5. The highest BCUT2D eigenvalue weighted by molar-refractivity contribution is 5.77. The van der Waals surface area contributed by atoms with Gasteiger partial charge in [-0.15, -0.1) is 0 Å². The molecule has 0 spiro atoms. The Hall–Kier alpha value is -1.85. The van der Waals surface area contributed by atoms with E-state index in [1.165, 1.54) is 12.8 Å². The van der Waals surface area contributed by atoms with E-state index < -0.39 is 0 Å². The number of nitrogens with one attached hydrogen (secondary N) is 1. The van der Waals surface area contributed by atoms with Crippen LogP contribution in [0.5, 0.6) is 0 Å². The van der Waals surface area contributed by atoms with Crippen molar-refractivity contribution >= 4 is 17.7 Å². The van der Waals surface area contributed by atoms with Crippen LogP contribution in [0.25, 0.3) is 0 Å². The Morgan fingerprint density at radius 2 is 2.09 bits per heavy atom. The number of amides is 1. The summed E-state index contributed by atoms with van der Waals surface area (Å²) in [6, 6.07) is 2.31. The molecule has 2 fully saturated rings. The number of aryl methyl sites for hydroxylation is 1. The van der Waals surface area contributed by atoms with E-state index in [1.807, 2.05) is 13.1 Å². The molecule has 2 saturated heterocycles. The molecule has 0 aliphatic carbocycles. The van der Waals surface area contributed by atoms with Crippen molar-refractivity contribution in [2.45, 2.75) is 45.1 Å². The fourth-order valence-electron chi connectivity index (χ4n) is 3.14. The lowest BCUT2D eigenvalue weighted by atomic mass is 10.1. The van der Waals surface area contributed by atoms with Crippen LogP contribution in [0, 0.1) is 0 Å². The van der Waals surface area contributed by atoms with Crippen molar-refractivity contribution in [3.05, 3.63) is 11.8 Å². The van der Waals surface area contributed by atoms with Crippen molar-refractivity contribution in [1.29, 1.82) is 0 Å². The molecule has 1 aromatic heterocycles. The van der Waals surface area contributed by atoms with Gasteiger partial charge in [0.05, 0.1) is 0 Å². The molecule has 1 atom stereocenters. The summed E-state index contributed by atoms with van der Waals surface area (Å²) in [7, 11) is 1.86. The molecule has 2 aliphatic heterocycles. The molecule has 1 N–H and O–H groups in total. The van der Waals surface area contributed by atoms with Gasteiger partial charge in [0.25, 0.3) is 0 Å². The number of carbonyl (C=O) groups is 1. The lowest BCUT2D eigenvalue weighted by Gasteiger charge is -2.30. The first-order valence-corrected chi connectivity index (χ1v) is 8.29. The minimum absolute atomic E-state index is 0.229. The molecule has 2 aliphatic rings. The van der Waals surface area contributed by atoms with Crippen molar-refractivity contribution in [2.75, 3.05) is 36.9 Å². The summed E-state index contributed by atoms with van der Waals surface area (Å²) in [5.74, 6) is 1.97. The molecular weight excluding hydrogens is 278 g/mol. The van der Waals surface area contributed by atoms with E-state index in [0.717, 1.165) is 49.9 Å². The Kier molecular flexibility index (Phi) is 4.45. The van der Waals surface area contributed by atoms with Crippen molar-refractivity contribution in [3.8, 4) is 0 Å². The van der Waals surface area contributed by atoms with Crippen LogP contribution in [0.1, 0.15) is 38.3 Å². The topological polar surface area (TPSA) is 61.4 Å². The molecule has 6 heteroatoms. The first-order valence-electron chi connectivity index (χ1n) is 8.29. The average Bonchev–Trinajstić information content (AvgIpc) is 3.05. The smallest absolute Gasteiger partial charge is 0.227 e. The van der Waals surface area contributed by atoms with Crippen molar-refractivity contribution in [2.24, 2.45) is 0 Å². The summed E-state index contributed by atoms with van der Waals surface area (Å²) in [5, 5.41) is 3.50. The molecule has 0 radical (unpaired) electrons. The van der Waals surface area contributed by atoms with Crippen LogP contribution in [0.15, 0.2) is 6.07 Å². The van der Waals surface area contributed by atoms with Gasteiger partial charge in [-0.25, -0.2) is 4.98 Å². The number of anilines is 2. The van der Waals surface area contributed by atoms with E-state index in [-0.39, 0.29) is 11.9 Å². The molecule has 0 bridgehead atoms. The quantitative estimate of drug-likeness (QED) is 0.917. The third-order valence-electron chi connectivity index (χ3n) is 4.50. The highest BCUT2D eigenvalue weighted by atomic mass is 16.2. The zero-order valence-corrected chi connectivity index (χ0v) is 13.5. The van der Waals surface area contributed by atoms with Gasteiger partial charge in [0, 0.05) is 50.9 Å². The van der Waals surface area contributed by atoms with Gasteiger partial charge in [-0.3, -0.25) is 4.79 Å². The van der Waals surface area contributed by atoms with Crippen LogP contribution in [0.3, 0.4) is 0 Å². The second-order valence-electron chi connectivity index (χ2n) is 6.25. The van der Waals surface area contributed by atoms with Gasteiger partial charge < -0.3 is 15.1 Å². The molecule has 3 heterocycles. The van der Waals surface area contributed by atoms with Gasteiger partial charge in [-0.1, -0.05) is 6.92 Å². The molecule has 6 nitrogen and oxygen atoms in total. The maximum absolute atomic E-state index is 11.6. The second kappa shape index (κ2) is 6.50. The van der Waals surface area contributed by atoms with Crippen LogP contribution in [-0.4, -0.2) is 53.5 Å². The zero-order valence-electron chi connectivity index (χ0n) is 13.5. The molecule has 1 unspecified atom stereocenters. The number of hydrogen-bond acceptors (Lipinski definition) is 5. The number of carbonyl (C=O) groups excluding carboxylic acids is 1. The highest BCUT2D eigenvalue weighted by Gasteiger charge is 2.23. The van der Waals surface area contributed by atoms with Gasteiger partial charge >= 0.3 is 0 Å². The van der Waals surface area contributed by atoms with Crippen molar-refractivity contribution in [3.63, 3.8) is 0 Å². The van der Waals surface area contributed by atoms with Crippen molar-refractivity contribution < 1.29 is 4.79 Å². The van der Waals surface area contributed by atoms with Gasteiger partial charge in [0.2, 0.25) is 11.9 Å². The third kappa shape index (κ3) is 3.31. The fourth-order valence-corrected chi connectivity index (χ4v) is 3.14. The number of hydrogen-bond donors (Lipinski definition) is 1. The van der Waals surface area contributed by atoms with Gasteiger partial charge in [-0.2, -0.15) is 4.98 Å². The first-order chi connectivity index (χ1) is 10.7. The van der Waals surface area contributed by atoms with Crippen LogP contribution < -0.4 is 10.2 Å². The van der Waals surface area contributed by atoms with E-state index in [0.29, 0.717) is 6.42 Å². The van der Waals surface area contributed by atoms with Gasteiger partial charge in [0.15, 0.2) is 0 Å². The third-order valence-corrected chi connectivity index (χ3v) is 4.50. The standard InChI is InChI=1S/C16H25N5O/c1-3-12-10-14(17-13-6-7-15(22)20(2)11-13)19-16(18-12)21-8-4-5-9-21/h10,13H,3-9,11H2,1-2H3,(H,17,18,19). The van der Waals surface area contributed by atoms with Crippen molar-refractivity contribution in [1.82, 2.24) is 14.9 Å². The molecule has 0 aromatic carbocycles. The fraction of sp³-hybridized carbons (Fsp3) is 0.688. The summed E-state index contributed by atoms with van der Waals surface area (Å²) in [4.78, 5) is 25.0. The second-order valence-corrected chi connectivity index (χ2v) is 6.25. The number of aromatic nitrogens is 2. The number of nitrogens with zero attached hydrogens (tertiary/aromatic N) is 4. The summed E-state index contributed by atoms with van der Waals surface area (Å²) in [5.41, 5.74) is 1.07. The Bertz CT molecular complexity index is 541. The van der Waals surface area contributed by atoms with E-state index in [9.17, 15) is 4.79 Å². The average molecular weight is 303 g/mol. The summed E-state index contributed by atoms with van der Waals surface area (Å²) >= 11 is 0. The summed E-state index contributed by atoms with van der Waals surface area (Å²) in [6.45, 7) is 4.96. The Labute approximate surface area is 131 Å². The van der Waals surface area contributed by atoms with E-state index in [1.54, 1.807) is 4.90 Å². The van der Waals surface area contributed by atoms with E-state index in [2.05, 4.69) is 22.1 Å². The first kappa shape index (κ1) is 15.1. The number of likely N-dealkylation sites (N-methyl/N-ethyl adjacent to an activating group) is 1. The highest BCUT2D eigenvalue weighted by Crippen LogP contribution is 2.21. The number of piperidine rings is 1. The van der Waals surface area contributed by atoms with Crippen LogP contribution >= 0.6 is 0 Å². The van der Waals surface area contributed by atoms with E-state index in [4.69, 9.17) is 4.98 Å². The van der Waals surface area contributed by atoms with Gasteiger partial charge in [0.1, 0.15) is 5.82 Å². The van der Waals surface area contributed by atoms with Crippen LogP contribution in [0.2, 0.25) is 0 Å². The summed E-state index contributed by atoms with van der Waals surface area (Å²) < 4.78 is 0. The largest absolute Gasteiger partial charge is 0.365 e. The Morgan fingerprint density at radius 3 is 2.77 bits per heavy atom. The molecule has 1 aromatic rings. The number of likely N-dealkylation sites (tertiary alicyclic amines) is 1. The predicted molar refractivity (Wildman–Crippen MR) is 87.1 cm³/mol. The monoisotopic (exact) mass is 303 g/mol. The van der Waals surface area contributed by atoms with Gasteiger partial charge in [-0.05, 0) is 25.7 Å². The normalized spacial score (nSPS) is 22.3. The predicted octanol–water partition coefficient (Wildman–Crippen LogP) is 1.67. The Morgan fingerprint density at radius 1 is 1.32 bits per heavy atom. The summed E-state index contributed by atoms with van der Waals surface area (Å²) in [6.07, 6.45) is 4.82. The molecule has 22 heavy (non-hydrogen) atoms. The molecule has 3 rings (SSSR count).